The smallest absolute Gasteiger partial charge is 0.226 e. The van der Waals surface area contributed by atoms with Crippen molar-refractivity contribution in [1.29, 1.82) is 0 Å². The van der Waals surface area contributed by atoms with Gasteiger partial charge in [0.2, 0.25) is 5.91 Å². The molecule has 1 saturated carbocycles. The number of nitrogens with zero attached hydrogens (tertiary/aromatic N) is 2. The van der Waals surface area contributed by atoms with Crippen molar-refractivity contribution in [2.24, 2.45) is 5.92 Å². The van der Waals surface area contributed by atoms with Gasteiger partial charge >= 0.3 is 0 Å². The Morgan fingerprint density at radius 1 is 1.04 bits per heavy atom. The van der Waals surface area contributed by atoms with E-state index >= 15 is 0 Å². The zero-order chi connectivity index (χ0) is 18.8. The Labute approximate surface area is 162 Å². The zero-order valence-corrected chi connectivity index (χ0v) is 16.6. The fourth-order valence-electron chi connectivity index (χ4n) is 4.84. The van der Waals surface area contributed by atoms with Gasteiger partial charge in [0.25, 0.3) is 0 Å². The number of rotatable bonds is 4. The molecule has 142 valence electrons. The Morgan fingerprint density at radius 3 is 2.63 bits per heavy atom. The lowest BCUT2D eigenvalue weighted by atomic mass is 10.00. The van der Waals surface area contributed by atoms with E-state index in [9.17, 15) is 4.79 Å². The number of pyridine rings is 1. The largest absolute Gasteiger partial charge is 0.334 e. The van der Waals surface area contributed by atoms with Crippen LogP contribution in [0.2, 0.25) is 0 Å². The molecule has 27 heavy (non-hydrogen) atoms. The molecule has 3 heteroatoms. The van der Waals surface area contributed by atoms with Gasteiger partial charge in [-0.25, -0.2) is 0 Å². The van der Waals surface area contributed by atoms with Gasteiger partial charge in [-0.1, -0.05) is 42.7 Å². The zero-order valence-electron chi connectivity index (χ0n) is 16.6. The summed E-state index contributed by atoms with van der Waals surface area (Å²) in [5.41, 5.74) is 6.06. The molecule has 1 aliphatic heterocycles. The second-order valence-electron chi connectivity index (χ2n) is 8.38. The van der Waals surface area contributed by atoms with Gasteiger partial charge in [0.15, 0.2) is 0 Å². The van der Waals surface area contributed by atoms with Crippen LogP contribution >= 0.6 is 0 Å². The number of aryl methyl sites for hydroxylation is 2. The second-order valence-corrected chi connectivity index (χ2v) is 8.38. The van der Waals surface area contributed by atoms with Crippen LogP contribution in [-0.2, 0) is 11.2 Å². The predicted molar refractivity (Wildman–Crippen MR) is 109 cm³/mol. The normalized spacial score (nSPS) is 20.4. The molecule has 2 aromatic rings. The second kappa shape index (κ2) is 7.84. The Morgan fingerprint density at radius 2 is 1.85 bits per heavy atom. The van der Waals surface area contributed by atoms with Crippen LogP contribution in [0.1, 0.15) is 72.6 Å². The molecule has 0 radical (unpaired) electrons. The van der Waals surface area contributed by atoms with Crippen molar-refractivity contribution in [3.05, 3.63) is 64.5 Å². The maximum absolute atomic E-state index is 13.0. The van der Waals surface area contributed by atoms with Crippen molar-refractivity contribution >= 4 is 5.91 Å². The number of hydrogen-bond donors (Lipinski definition) is 0. The lowest BCUT2D eigenvalue weighted by molar-refractivity contribution is -0.136. The van der Waals surface area contributed by atoms with Crippen molar-refractivity contribution < 1.29 is 4.79 Å². The van der Waals surface area contributed by atoms with Crippen molar-refractivity contribution in [3.63, 3.8) is 0 Å². The average molecular weight is 363 g/mol. The molecule has 4 rings (SSSR count). The average Bonchev–Trinajstić information content (AvgIpc) is 3.33. The highest BCUT2D eigenvalue weighted by atomic mass is 16.2. The van der Waals surface area contributed by atoms with E-state index < -0.39 is 0 Å². The number of aromatic nitrogens is 1. The van der Waals surface area contributed by atoms with Crippen LogP contribution in [0.5, 0.6) is 0 Å². The summed E-state index contributed by atoms with van der Waals surface area (Å²) >= 11 is 0. The van der Waals surface area contributed by atoms with Gasteiger partial charge in [0.1, 0.15) is 0 Å². The highest BCUT2D eigenvalue weighted by molar-refractivity contribution is 5.79. The summed E-state index contributed by atoms with van der Waals surface area (Å²) in [6, 6.07) is 13.3. The predicted octanol–water partition coefficient (Wildman–Crippen LogP) is 5.14. The van der Waals surface area contributed by atoms with E-state index in [0.717, 1.165) is 50.0 Å². The van der Waals surface area contributed by atoms with E-state index in [1.807, 2.05) is 0 Å². The monoisotopic (exact) mass is 362 g/mol. The molecule has 2 fully saturated rings. The maximum atomic E-state index is 13.0. The maximum Gasteiger partial charge on any atom is 0.226 e. The number of carbonyl (C=O) groups excluding carboxylic acids is 1. The van der Waals surface area contributed by atoms with Gasteiger partial charge in [-0.2, -0.15) is 0 Å². The third-order valence-corrected chi connectivity index (χ3v) is 6.11. The number of benzene rings is 1. The molecule has 1 unspecified atom stereocenters. The van der Waals surface area contributed by atoms with Crippen molar-refractivity contribution in [1.82, 2.24) is 9.88 Å². The van der Waals surface area contributed by atoms with E-state index in [0.29, 0.717) is 5.91 Å². The van der Waals surface area contributed by atoms with Crippen LogP contribution in [0, 0.1) is 19.8 Å². The van der Waals surface area contributed by atoms with E-state index in [1.165, 1.54) is 29.5 Å². The van der Waals surface area contributed by atoms with Crippen LogP contribution < -0.4 is 0 Å². The highest BCUT2D eigenvalue weighted by Crippen LogP contribution is 2.36. The topological polar surface area (TPSA) is 33.2 Å². The number of amides is 1. The minimum atomic E-state index is 0.161. The van der Waals surface area contributed by atoms with Crippen molar-refractivity contribution in [2.45, 2.75) is 64.8 Å². The molecule has 1 atom stereocenters. The van der Waals surface area contributed by atoms with Gasteiger partial charge in [0.05, 0.1) is 11.7 Å². The summed E-state index contributed by atoms with van der Waals surface area (Å²) in [6.45, 7) is 5.10. The minimum Gasteiger partial charge on any atom is -0.334 e. The van der Waals surface area contributed by atoms with E-state index in [1.54, 1.807) is 0 Å². The molecule has 3 nitrogen and oxygen atoms in total. The van der Waals surface area contributed by atoms with Crippen LogP contribution in [0.25, 0.3) is 0 Å². The molecule has 0 N–H and O–H groups in total. The first kappa shape index (κ1) is 18.2. The molecular weight excluding hydrogens is 332 g/mol. The van der Waals surface area contributed by atoms with Crippen LogP contribution in [0.15, 0.2) is 36.4 Å². The Bertz CT molecular complexity index is 823. The summed E-state index contributed by atoms with van der Waals surface area (Å²) in [5.74, 6) is 0.626. The van der Waals surface area contributed by atoms with Gasteiger partial charge in [-0.05, 0) is 69.2 Å². The van der Waals surface area contributed by atoms with Gasteiger partial charge in [-0.3, -0.25) is 9.78 Å². The van der Waals surface area contributed by atoms with Crippen molar-refractivity contribution in [3.8, 4) is 0 Å². The Kier molecular flexibility index (Phi) is 5.29. The first-order chi connectivity index (χ1) is 13.1. The minimum absolute atomic E-state index is 0.161. The molecule has 1 saturated heterocycles. The third-order valence-electron chi connectivity index (χ3n) is 6.11. The van der Waals surface area contributed by atoms with Gasteiger partial charge in [-0.15, -0.1) is 0 Å². The van der Waals surface area contributed by atoms with E-state index in [-0.39, 0.29) is 12.0 Å². The molecule has 2 heterocycles. The van der Waals surface area contributed by atoms with Crippen LogP contribution in [-0.4, -0.2) is 22.3 Å². The molecule has 2 aliphatic rings. The SMILES string of the molecule is Cc1cccc(Cc2cc(C)nc(C3CCCN3C(=O)C3CCCC3)c2)c1. The Hall–Kier alpha value is -2.16. The lowest BCUT2D eigenvalue weighted by Crippen LogP contribution is -2.35. The number of likely N-dealkylation sites (tertiary alicyclic amines) is 1. The lowest BCUT2D eigenvalue weighted by Gasteiger charge is -2.27. The van der Waals surface area contributed by atoms with Crippen molar-refractivity contribution in [2.75, 3.05) is 6.54 Å². The molecule has 1 aromatic heterocycles. The third kappa shape index (κ3) is 4.07. The van der Waals surface area contributed by atoms with Gasteiger partial charge in [0, 0.05) is 18.2 Å². The standard InChI is InChI=1S/C24H30N2O/c1-17-7-5-8-19(13-17)15-20-14-18(2)25-22(16-20)23-11-6-12-26(23)24(27)21-9-3-4-10-21/h5,7-8,13-14,16,21,23H,3-4,6,9-12,15H2,1-2H3. The van der Waals surface area contributed by atoms with Gasteiger partial charge < -0.3 is 4.90 Å². The van der Waals surface area contributed by atoms with E-state index in [4.69, 9.17) is 4.98 Å². The molecular formula is C24H30N2O. The molecule has 0 spiro atoms. The summed E-state index contributed by atoms with van der Waals surface area (Å²) in [7, 11) is 0. The Balaban J connectivity index is 1.57. The van der Waals surface area contributed by atoms with Crippen LogP contribution in [0.3, 0.4) is 0 Å². The first-order valence-corrected chi connectivity index (χ1v) is 10.4. The fraction of sp³-hybridized carbons (Fsp3) is 0.500. The summed E-state index contributed by atoms with van der Waals surface area (Å²) in [6.07, 6.45) is 7.60. The quantitative estimate of drug-likeness (QED) is 0.754. The molecule has 0 bridgehead atoms. The molecule has 1 aliphatic carbocycles. The number of hydrogen-bond acceptors (Lipinski definition) is 2. The molecule has 1 aromatic carbocycles. The highest BCUT2D eigenvalue weighted by Gasteiger charge is 2.35. The summed E-state index contributed by atoms with van der Waals surface area (Å²) in [5, 5.41) is 0. The number of carbonyl (C=O) groups is 1. The van der Waals surface area contributed by atoms with Crippen LogP contribution in [0.4, 0.5) is 0 Å². The summed E-state index contributed by atoms with van der Waals surface area (Å²) in [4.78, 5) is 20.0. The first-order valence-electron chi connectivity index (χ1n) is 10.4. The van der Waals surface area contributed by atoms with E-state index in [2.05, 4.69) is 55.1 Å². The summed E-state index contributed by atoms with van der Waals surface area (Å²) < 4.78 is 0. The molecule has 1 amide bonds. The fourth-order valence-corrected chi connectivity index (χ4v) is 4.84.